The maximum atomic E-state index is 11.9. The summed E-state index contributed by atoms with van der Waals surface area (Å²) in [5.74, 6) is 1.17. The molecule has 0 aromatic carbocycles. The average molecular weight is 297 g/mol. The number of fused-ring (bicyclic) bond motifs is 1. The maximum Gasteiger partial charge on any atom is 0.159 e. The molecule has 1 aliphatic rings. The molecule has 5 heteroatoms. The van der Waals surface area contributed by atoms with E-state index in [2.05, 4.69) is 28.5 Å². The number of rotatable bonds is 4. The summed E-state index contributed by atoms with van der Waals surface area (Å²) in [6.45, 7) is 2.08. The summed E-state index contributed by atoms with van der Waals surface area (Å²) in [4.78, 5) is 17.6. The van der Waals surface area contributed by atoms with Gasteiger partial charge in [-0.2, -0.15) is 5.10 Å². The summed E-state index contributed by atoms with van der Waals surface area (Å²) in [5, 5.41) is 6.67. The molecule has 3 aromatic heterocycles. The van der Waals surface area contributed by atoms with Crippen LogP contribution in [0, 0.1) is 12.8 Å². The topological polar surface area (TPSA) is 47.3 Å². The van der Waals surface area contributed by atoms with Crippen molar-refractivity contribution in [3.8, 4) is 10.6 Å². The zero-order chi connectivity index (χ0) is 14.4. The third-order valence-corrected chi connectivity index (χ3v) is 4.82. The van der Waals surface area contributed by atoms with Gasteiger partial charge in [0.1, 0.15) is 5.78 Å². The Labute approximate surface area is 126 Å². The molecular weight excluding hydrogens is 282 g/mol. The van der Waals surface area contributed by atoms with Crippen molar-refractivity contribution in [2.24, 2.45) is 5.92 Å². The predicted octanol–water partition coefficient (Wildman–Crippen LogP) is 3.29. The monoisotopic (exact) mass is 297 g/mol. The number of Topliss-reactive ketones (excluding diaryl/α,β-unsaturated/α-hetero) is 1. The standard InChI is InChI=1S/C16H15N3OS/c1-10-7-14(21-9-10)12-3-2-4-16-17-15(18-19(12)16)8-13(20)11-5-6-11/h2-4,7,9,11H,5-6,8H2,1H3. The lowest BCUT2D eigenvalue weighted by Gasteiger charge is -2.00. The fraction of sp³-hybridized carbons (Fsp3) is 0.312. The fourth-order valence-corrected chi connectivity index (χ4v) is 3.39. The molecule has 4 nitrogen and oxygen atoms in total. The predicted molar refractivity (Wildman–Crippen MR) is 82.5 cm³/mol. The van der Waals surface area contributed by atoms with Crippen molar-refractivity contribution in [1.29, 1.82) is 0 Å². The van der Waals surface area contributed by atoms with E-state index in [4.69, 9.17) is 0 Å². The molecule has 0 aliphatic heterocycles. The minimum absolute atomic E-state index is 0.260. The van der Waals surface area contributed by atoms with Crippen LogP contribution >= 0.6 is 11.3 Å². The van der Waals surface area contributed by atoms with Gasteiger partial charge in [-0.05, 0) is 48.9 Å². The second-order valence-corrected chi connectivity index (χ2v) is 6.53. The van der Waals surface area contributed by atoms with Crippen molar-refractivity contribution in [1.82, 2.24) is 14.6 Å². The fourth-order valence-electron chi connectivity index (χ4n) is 2.48. The third-order valence-electron chi connectivity index (χ3n) is 3.75. The van der Waals surface area contributed by atoms with Crippen molar-refractivity contribution < 1.29 is 4.79 Å². The van der Waals surface area contributed by atoms with Crippen molar-refractivity contribution in [2.75, 3.05) is 0 Å². The normalized spacial score (nSPS) is 14.7. The van der Waals surface area contributed by atoms with Crippen molar-refractivity contribution in [3.05, 3.63) is 41.0 Å². The summed E-state index contributed by atoms with van der Waals surface area (Å²) in [6, 6.07) is 8.11. The number of hydrogen-bond donors (Lipinski definition) is 0. The highest BCUT2D eigenvalue weighted by Gasteiger charge is 2.30. The van der Waals surface area contributed by atoms with Gasteiger partial charge >= 0.3 is 0 Å². The number of thiophene rings is 1. The van der Waals surface area contributed by atoms with Crippen LogP contribution in [0.5, 0.6) is 0 Å². The molecule has 0 amide bonds. The molecule has 106 valence electrons. The quantitative estimate of drug-likeness (QED) is 0.742. The van der Waals surface area contributed by atoms with Gasteiger partial charge in [-0.15, -0.1) is 11.3 Å². The summed E-state index contributed by atoms with van der Waals surface area (Å²) >= 11 is 1.70. The molecule has 0 spiro atoms. The first-order valence-electron chi connectivity index (χ1n) is 7.13. The molecule has 1 fully saturated rings. The number of carbonyl (C=O) groups excluding carboxylic acids is 1. The number of aryl methyl sites for hydroxylation is 1. The second-order valence-electron chi connectivity index (χ2n) is 5.61. The highest BCUT2D eigenvalue weighted by Crippen LogP contribution is 2.31. The molecule has 0 atom stereocenters. The van der Waals surface area contributed by atoms with Crippen LogP contribution in [0.4, 0.5) is 0 Å². The van der Waals surface area contributed by atoms with Gasteiger partial charge in [0, 0.05) is 5.92 Å². The van der Waals surface area contributed by atoms with Gasteiger partial charge in [-0.1, -0.05) is 6.07 Å². The van der Waals surface area contributed by atoms with Gasteiger partial charge in [-0.3, -0.25) is 4.79 Å². The van der Waals surface area contributed by atoms with Crippen LogP contribution in [0.25, 0.3) is 16.2 Å². The van der Waals surface area contributed by atoms with Crippen LogP contribution < -0.4 is 0 Å². The van der Waals surface area contributed by atoms with E-state index in [0.717, 1.165) is 24.2 Å². The molecule has 1 saturated carbocycles. The summed E-state index contributed by atoms with van der Waals surface area (Å²) in [5.41, 5.74) is 3.08. The minimum Gasteiger partial charge on any atom is -0.299 e. The first-order chi connectivity index (χ1) is 10.2. The molecule has 1 aliphatic carbocycles. The van der Waals surface area contributed by atoms with E-state index in [1.165, 1.54) is 10.4 Å². The van der Waals surface area contributed by atoms with Crippen LogP contribution in [-0.2, 0) is 11.2 Å². The zero-order valence-electron chi connectivity index (χ0n) is 11.7. The van der Waals surface area contributed by atoms with Crippen molar-refractivity contribution in [2.45, 2.75) is 26.2 Å². The molecule has 0 radical (unpaired) electrons. The zero-order valence-corrected chi connectivity index (χ0v) is 12.6. The Hall–Kier alpha value is -2.01. The Kier molecular flexibility index (Phi) is 2.89. The number of pyridine rings is 1. The number of nitrogens with zero attached hydrogens (tertiary/aromatic N) is 3. The number of ketones is 1. The van der Waals surface area contributed by atoms with Crippen LogP contribution in [0.3, 0.4) is 0 Å². The highest BCUT2D eigenvalue weighted by molar-refractivity contribution is 7.13. The van der Waals surface area contributed by atoms with E-state index in [1.807, 2.05) is 22.7 Å². The van der Waals surface area contributed by atoms with E-state index >= 15 is 0 Å². The Morgan fingerprint density at radius 3 is 3.00 bits per heavy atom. The largest absolute Gasteiger partial charge is 0.299 e. The number of carbonyl (C=O) groups is 1. The number of aromatic nitrogens is 3. The van der Waals surface area contributed by atoms with Crippen molar-refractivity contribution >= 4 is 22.8 Å². The smallest absolute Gasteiger partial charge is 0.159 e. The lowest BCUT2D eigenvalue weighted by Crippen LogP contribution is -2.06. The van der Waals surface area contributed by atoms with E-state index in [9.17, 15) is 4.79 Å². The lowest BCUT2D eigenvalue weighted by molar-refractivity contribution is -0.119. The van der Waals surface area contributed by atoms with Gasteiger partial charge in [0.25, 0.3) is 0 Å². The molecule has 21 heavy (non-hydrogen) atoms. The molecule has 0 N–H and O–H groups in total. The molecule has 0 saturated heterocycles. The van der Waals surface area contributed by atoms with Crippen LogP contribution in [0.1, 0.15) is 24.2 Å². The summed E-state index contributed by atoms with van der Waals surface area (Å²) < 4.78 is 1.85. The molecule has 3 aromatic rings. The van der Waals surface area contributed by atoms with Gasteiger partial charge in [-0.25, -0.2) is 9.50 Å². The summed E-state index contributed by atoms with van der Waals surface area (Å²) in [7, 11) is 0. The Morgan fingerprint density at radius 2 is 2.29 bits per heavy atom. The SMILES string of the molecule is Cc1csc(-c2cccc3nc(CC(=O)C4CC4)nn23)c1. The Balaban J connectivity index is 1.74. The number of hydrogen-bond acceptors (Lipinski definition) is 4. The molecule has 3 heterocycles. The van der Waals surface area contributed by atoms with Gasteiger partial charge < -0.3 is 0 Å². The van der Waals surface area contributed by atoms with E-state index in [1.54, 1.807) is 11.3 Å². The highest BCUT2D eigenvalue weighted by atomic mass is 32.1. The Bertz CT molecular complexity index is 829. The van der Waals surface area contributed by atoms with E-state index in [0.29, 0.717) is 12.2 Å². The maximum absolute atomic E-state index is 11.9. The van der Waals surface area contributed by atoms with Crippen LogP contribution in [-0.4, -0.2) is 20.4 Å². The summed E-state index contributed by atoms with van der Waals surface area (Å²) in [6.07, 6.45) is 2.42. The van der Waals surface area contributed by atoms with Crippen LogP contribution in [0.2, 0.25) is 0 Å². The first kappa shape index (κ1) is 12.7. The third kappa shape index (κ3) is 2.38. The molecule has 0 unspecified atom stereocenters. The minimum atomic E-state index is 0.260. The van der Waals surface area contributed by atoms with E-state index < -0.39 is 0 Å². The molecular formula is C16H15N3OS. The van der Waals surface area contributed by atoms with Crippen LogP contribution in [0.15, 0.2) is 29.6 Å². The molecule has 0 bridgehead atoms. The van der Waals surface area contributed by atoms with Gasteiger partial charge in [0.2, 0.25) is 0 Å². The average Bonchev–Trinajstić information content (AvgIpc) is 3.11. The van der Waals surface area contributed by atoms with E-state index in [-0.39, 0.29) is 11.7 Å². The second kappa shape index (κ2) is 4.77. The Morgan fingerprint density at radius 1 is 1.43 bits per heavy atom. The van der Waals surface area contributed by atoms with Gasteiger partial charge in [0.15, 0.2) is 11.5 Å². The molecule has 4 rings (SSSR count). The van der Waals surface area contributed by atoms with Crippen molar-refractivity contribution in [3.63, 3.8) is 0 Å². The van der Waals surface area contributed by atoms with Gasteiger partial charge in [0.05, 0.1) is 17.0 Å². The first-order valence-corrected chi connectivity index (χ1v) is 8.01. The lowest BCUT2D eigenvalue weighted by atomic mass is 10.2.